The Morgan fingerprint density at radius 3 is 2.41 bits per heavy atom. The highest BCUT2D eigenvalue weighted by atomic mass is 32.2. The number of rotatable bonds is 2. The Kier molecular flexibility index (Phi) is 2.53. The van der Waals surface area contributed by atoms with Crippen molar-refractivity contribution in [3.05, 3.63) is 0 Å². The number of nitrogens with zero attached hydrogens (tertiary/aromatic N) is 1. The van der Waals surface area contributed by atoms with Crippen LogP contribution in [0.5, 0.6) is 0 Å². The number of carbonyl (C=O) groups excluding carboxylic acids is 1. The predicted molar refractivity (Wildman–Crippen MR) is 63.5 cm³/mol. The Labute approximate surface area is 104 Å². The maximum absolute atomic E-state index is 11.8. The number of carbonyl (C=O) groups is 2. The third kappa shape index (κ3) is 1.20. The second-order valence-corrected chi connectivity index (χ2v) is 7.14. The second-order valence-electron chi connectivity index (χ2n) is 5.40. The van der Waals surface area contributed by atoms with Crippen LogP contribution in [0.3, 0.4) is 0 Å². The Morgan fingerprint density at radius 1 is 1.47 bits per heavy atom. The van der Waals surface area contributed by atoms with Crippen molar-refractivity contribution >= 4 is 23.6 Å². The summed E-state index contributed by atoms with van der Waals surface area (Å²) in [5.74, 6) is -1.68. The Bertz CT molecular complexity index is 395. The average molecular weight is 259 g/mol. The first kappa shape index (κ1) is 12.7. The third-order valence-corrected chi connectivity index (χ3v) is 5.50. The van der Waals surface area contributed by atoms with Crippen LogP contribution in [-0.2, 0) is 9.59 Å². The Hall–Kier alpha value is -0.750. The van der Waals surface area contributed by atoms with E-state index >= 15 is 0 Å². The number of aliphatic carboxylic acids is 1. The lowest BCUT2D eigenvalue weighted by atomic mass is 9.73. The molecular formula is C11H17NO4S. The number of carboxylic acid groups (broad SMARTS) is 1. The van der Waals surface area contributed by atoms with Gasteiger partial charge in [-0.2, -0.15) is 0 Å². The molecule has 2 aliphatic rings. The number of hydrogen-bond acceptors (Lipinski definition) is 4. The fraction of sp³-hybridized carbons (Fsp3) is 0.818. The summed E-state index contributed by atoms with van der Waals surface area (Å²) >= 11 is 1.37. The smallest absolute Gasteiger partial charge is 0.331 e. The molecule has 2 N–H and O–H groups in total. The van der Waals surface area contributed by atoms with Crippen molar-refractivity contribution < 1.29 is 19.8 Å². The summed E-state index contributed by atoms with van der Waals surface area (Å²) in [6.45, 7) is 7.25. The van der Waals surface area contributed by atoms with E-state index in [1.165, 1.54) is 16.7 Å². The van der Waals surface area contributed by atoms with E-state index in [0.717, 1.165) is 0 Å². The number of aliphatic hydroxyl groups is 1. The van der Waals surface area contributed by atoms with E-state index in [1.54, 1.807) is 13.8 Å². The van der Waals surface area contributed by atoms with Crippen LogP contribution in [-0.4, -0.2) is 48.8 Å². The molecule has 96 valence electrons. The van der Waals surface area contributed by atoms with Crippen LogP contribution in [0.2, 0.25) is 0 Å². The quantitative estimate of drug-likeness (QED) is 0.707. The van der Waals surface area contributed by atoms with E-state index in [-0.39, 0.29) is 5.92 Å². The van der Waals surface area contributed by atoms with Crippen LogP contribution in [0.15, 0.2) is 0 Å². The second kappa shape index (κ2) is 3.38. The van der Waals surface area contributed by atoms with Crippen LogP contribution < -0.4 is 0 Å². The van der Waals surface area contributed by atoms with Gasteiger partial charge in [-0.3, -0.25) is 4.79 Å². The molecule has 6 heteroatoms. The molecule has 2 fully saturated rings. The number of thioether (sulfide) groups is 1. The molecule has 0 spiro atoms. The predicted octanol–water partition coefficient (Wildman–Crippen LogP) is 0.520. The SMILES string of the molecule is CC(C)[C@@]1(C(=O)O)N2C(=O)[C@H](O)[C@H]2SC1(C)C. The highest BCUT2D eigenvalue weighted by Crippen LogP contribution is 2.59. The number of amides is 1. The first-order chi connectivity index (χ1) is 7.68. The molecule has 0 bridgehead atoms. The molecule has 3 atom stereocenters. The van der Waals surface area contributed by atoms with Gasteiger partial charge in [0.2, 0.25) is 0 Å². The normalized spacial score (nSPS) is 39.2. The fourth-order valence-corrected chi connectivity index (χ4v) is 5.03. The van der Waals surface area contributed by atoms with Gasteiger partial charge >= 0.3 is 5.97 Å². The van der Waals surface area contributed by atoms with Gasteiger partial charge in [0.15, 0.2) is 11.6 Å². The van der Waals surface area contributed by atoms with E-state index in [4.69, 9.17) is 0 Å². The molecule has 0 aliphatic carbocycles. The molecule has 0 unspecified atom stereocenters. The van der Waals surface area contributed by atoms with Gasteiger partial charge < -0.3 is 15.1 Å². The summed E-state index contributed by atoms with van der Waals surface area (Å²) in [4.78, 5) is 24.8. The summed E-state index contributed by atoms with van der Waals surface area (Å²) in [6, 6.07) is 0. The summed E-state index contributed by atoms with van der Waals surface area (Å²) < 4.78 is -0.620. The van der Waals surface area contributed by atoms with Crippen molar-refractivity contribution in [1.29, 1.82) is 0 Å². The molecule has 2 aliphatic heterocycles. The zero-order valence-electron chi connectivity index (χ0n) is 10.3. The highest BCUT2D eigenvalue weighted by molar-refractivity contribution is 8.01. The van der Waals surface area contributed by atoms with Crippen LogP contribution in [0, 0.1) is 5.92 Å². The van der Waals surface area contributed by atoms with Crippen LogP contribution in [0.25, 0.3) is 0 Å². The number of hydrogen-bond donors (Lipinski definition) is 2. The molecule has 0 aromatic heterocycles. The Balaban J connectivity index is 2.56. The molecule has 0 aromatic carbocycles. The molecule has 0 saturated carbocycles. The maximum atomic E-state index is 11.8. The molecular weight excluding hydrogens is 242 g/mol. The Morgan fingerprint density at radius 2 is 2.00 bits per heavy atom. The van der Waals surface area contributed by atoms with Gasteiger partial charge in [0.25, 0.3) is 5.91 Å². The zero-order chi connectivity index (χ0) is 13.2. The molecule has 2 heterocycles. The van der Waals surface area contributed by atoms with Gasteiger partial charge in [-0.05, 0) is 19.8 Å². The summed E-state index contributed by atoms with van der Waals surface area (Å²) in [7, 11) is 0. The van der Waals surface area contributed by atoms with Gasteiger partial charge in [0.05, 0.1) is 0 Å². The number of carboxylic acids is 1. The van der Waals surface area contributed by atoms with Crippen molar-refractivity contribution in [2.24, 2.45) is 5.92 Å². The fourth-order valence-electron chi connectivity index (χ4n) is 3.20. The van der Waals surface area contributed by atoms with Crippen LogP contribution in [0.4, 0.5) is 0 Å². The number of fused-ring (bicyclic) bond motifs is 1. The molecule has 2 rings (SSSR count). The van der Waals surface area contributed by atoms with Crippen molar-refractivity contribution in [1.82, 2.24) is 4.90 Å². The van der Waals surface area contributed by atoms with E-state index < -0.39 is 33.6 Å². The lowest BCUT2D eigenvalue weighted by Crippen LogP contribution is -2.74. The largest absolute Gasteiger partial charge is 0.479 e. The summed E-state index contributed by atoms with van der Waals surface area (Å²) in [6.07, 6.45) is -1.06. The van der Waals surface area contributed by atoms with Gasteiger partial charge in [0, 0.05) is 4.75 Å². The standard InChI is InChI=1S/C11H17NO4S/c1-5(2)11(9(15)16)10(3,4)17-8-6(13)7(14)12(8)11/h5-6,8,13H,1-4H3,(H,15,16)/t6-,8+,11-/m0/s1. The summed E-state index contributed by atoms with van der Waals surface area (Å²) in [5.41, 5.74) is -1.24. The summed E-state index contributed by atoms with van der Waals surface area (Å²) in [5, 5.41) is 18.8. The van der Waals surface area contributed by atoms with E-state index in [1.807, 2.05) is 13.8 Å². The van der Waals surface area contributed by atoms with Crippen molar-refractivity contribution in [2.75, 3.05) is 0 Å². The van der Waals surface area contributed by atoms with Crippen LogP contribution >= 0.6 is 11.8 Å². The van der Waals surface area contributed by atoms with Gasteiger partial charge in [-0.1, -0.05) is 13.8 Å². The average Bonchev–Trinajstić information content (AvgIpc) is 2.43. The monoisotopic (exact) mass is 259 g/mol. The van der Waals surface area contributed by atoms with Crippen molar-refractivity contribution in [3.8, 4) is 0 Å². The lowest BCUT2D eigenvalue weighted by molar-refractivity contribution is -0.185. The van der Waals surface area contributed by atoms with E-state index in [9.17, 15) is 19.8 Å². The minimum atomic E-state index is -1.24. The molecule has 17 heavy (non-hydrogen) atoms. The molecule has 1 amide bonds. The number of aliphatic hydroxyl groups excluding tert-OH is 1. The topological polar surface area (TPSA) is 77.8 Å². The van der Waals surface area contributed by atoms with Gasteiger partial charge in [0.1, 0.15) is 5.37 Å². The van der Waals surface area contributed by atoms with E-state index in [2.05, 4.69) is 0 Å². The third-order valence-electron chi connectivity index (χ3n) is 3.89. The minimum Gasteiger partial charge on any atom is -0.479 e. The lowest BCUT2D eigenvalue weighted by Gasteiger charge is -2.50. The first-order valence-corrected chi connectivity index (χ1v) is 6.48. The van der Waals surface area contributed by atoms with E-state index in [0.29, 0.717) is 0 Å². The maximum Gasteiger partial charge on any atom is 0.331 e. The van der Waals surface area contributed by atoms with Crippen molar-refractivity contribution in [3.63, 3.8) is 0 Å². The molecule has 2 saturated heterocycles. The molecule has 0 aromatic rings. The van der Waals surface area contributed by atoms with Crippen LogP contribution in [0.1, 0.15) is 27.7 Å². The van der Waals surface area contributed by atoms with Gasteiger partial charge in [-0.25, -0.2) is 4.79 Å². The molecule has 5 nitrogen and oxygen atoms in total. The van der Waals surface area contributed by atoms with Gasteiger partial charge in [-0.15, -0.1) is 11.8 Å². The minimum absolute atomic E-state index is 0.219. The van der Waals surface area contributed by atoms with Crippen molar-refractivity contribution in [2.45, 2.75) is 49.5 Å². The first-order valence-electron chi connectivity index (χ1n) is 5.60. The zero-order valence-corrected chi connectivity index (χ0v) is 11.1. The number of β-lactam (4-membered cyclic amide) rings is 1. The highest BCUT2D eigenvalue weighted by Gasteiger charge is 2.73. The molecule has 0 radical (unpaired) electrons.